The molecule has 0 aliphatic carbocycles. The van der Waals surface area contributed by atoms with Crippen molar-refractivity contribution in [2.24, 2.45) is 11.8 Å². The summed E-state index contributed by atoms with van der Waals surface area (Å²) < 4.78 is 0. The Balaban J connectivity index is 1.72. The smallest absolute Gasteiger partial charge is 0.253 e. The van der Waals surface area contributed by atoms with E-state index in [2.05, 4.69) is 24.5 Å². The summed E-state index contributed by atoms with van der Waals surface area (Å²) in [4.78, 5) is 40.9. The van der Waals surface area contributed by atoms with Crippen LogP contribution in [0.1, 0.15) is 59.9 Å². The largest absolute Gasteiger partial charge is 0.352 e. The van der Waals surface area contributed by atoms with Crippen LogP contribution in [0.5, 0.6) is 0 Å². The van der Waals surface area contributed by atoms with Crippen LogP contribution in [0.3, 0.4) is 0 Å². The first kappa shape index (κ1) is 24.5. The van der Waals surface area contributed by atoms with E-state index in [1.807, 2.05) is 67.3 Å². The molecule has 3 amide bonds. The van der Waals surface area contributed by atoms with Crippen LogP contribution in [0.2, 0.25) is 0 Å². The number of carbonyl (C=O) groups is 3. The minimum absolute atomic E-state index is 0.00453. The first-order valence-electron chi connectivity index (χ1n) is 11.8. The minimum Gasteiger partial charge on any atom is -0.352 e. The Bertz CT molecular complexity index is 966. The lowest BCUT2D eigenvalue weighted by Gasteiger charge is -2.36. The number of hydrogen-bond acceptors (Lipinski definition) is 3. The van der Waals surface area contributed by atoms with Crippen molar-refractivity contribution in [1.82, 2.24) is 15.5 Å². The Kier molecular flexibility index (Phi) is 8.26. The van der Waals surface area contributed by atoms with E-state index in [1.54, 1.807) is 6.07 Å². The minimum atomic E-state index is -0.646. The predicted octanol–water partition coefficient (Wildman–Crippen LogP) is 3.81. The lowest BCUT2D eigenvalue weighted by molar-refractivity contribution is -0.125. The zero-order valence-corrected chi connectivity index (χ0v) is 20.0. The Morgan fingerprint density at radius 1 is 0.879 bits per heavy atom. The summed E-state index contributed by atoms with van der Waals surface area (Å²) in [6.07, 6.45) is 1.31. The number of aryl methyl sites for hydroxylation is 1. The van der Waals surface area contributed by atoms with Crippen LogP contribution >= 0.6 is 0 Å². The van der Waals surface area contributed by atoms with Gasteiger partial charge >= 0.3 is 0 Å². The number of carbonyl (C=O) groups excluding carboxylic acids is 3. The number of rotatable bonds is 7. The second-order valence-corrected chi connectivity index (χ2v) is 9.30. The van der Waals surface area contributed by atoms with Crippen molar-refractivity contribution >= 4 is 17.7 Å². The molecular formula is C27H35N3O3. The third-order valence-corrected chi connectivity index (χ3v) is 6.65. The van der Waals surface area contributed by atoms with Crippen LogP contribution in [-0.2, 0) is 4.79 Å². The van der Waals surface area contributed by atoms with Crippen molar-refractivity contribution in [3.05, 3.63) is 71.3 Å². The van der Waals surface area contributed by atoms with Gasteiger partial charge in [-0.3, -0.25) is 14.4 Å². The Morgan fingerprint density at radius 2 is 1.48 bits per heavy atom. The standard InChI is InChI=1S/C27H35N3O3/c1-18(2)20(4)28-26(32)24(29-25(31)23-13-9-8-10-19(23)3)21-14-16-30(17-15-21)27(33)22-11-6-5-7-12-22/h5-13,18,20-21,24H,14-17H2,1-4H3,(H,28,32)(H,29,31)/t20-,24-/m1/s1. The molecule has 3 rings (SSSR count). The van der Waals surface area contributed by atoms with Gasteiger partial charge in [0.2, 0.25) is 5.91 Å². The molecule has 176 valence electrons. The van der Waals surface area contributed by atoms with Gasteiger partial charge in [-0.25, -0.2) is 0 Å². The van der Waals surface area contributed by atoms with E-state index in [-0.39, 0.29) is 35.6 Å². The van der Waals surface area contributed by atoms with Gasteiger partial charge in [-0.2, -0.15) is 0 Å². The molecule has 1 aliphatic rings. The van der Waals surface area contributed by atoms with E-state index in [1.165, 1.54) is 0 Å². The van der Waals surface area contributed by atoms with Gasteiger partial charge in [-0.05, 0) is 62.3 Å². The number of likely N-dealkylation sites (tertiary alicyclic amines) is 1. The summed E-state index contributed by atoms with van der Waals surface area (Å²) in [7, 11) is 0. The van der Waals surface area contributed by atoms with E-state index in [9.17, 15) is 14.4 Å². The molecule has 1 aliphatic heterocycles. The first-order valence-corrected chi connectivity index (χ1v) is 11.8. The maximum Gasteiger partial charge on any atom is 0.253 e. The second kappa shape index (κ2) is 11.1. The van der Waals surface area contributed by atoms with Gasteiger partial charge in [0, 0.05) is 30.3 Å². The number of amides is 3. The quantitative estimate of drug-likeness (QED) is 0.675. The van der Waals surface area contributed by atoms with Gasteiger partial charge < -0.3 is 15.5 Å². The van der Waals surface area contributed by atoms with Crippen LogP contribution in [0, 0.1) is 18.8 Å². The van der Waals surface area contributed by atoms with Crippen LogP contribution in [-0.4, -0.2) is 47.8 Å². The molecule has 2 aromatic carbocycles. The van der Waals surface area contributed by atoms with E-state index < -0.39 is 6.04 Å². The average molecular weight is 450 g/mol. The average Bonchev–Trinajstić information content (AvgIpc) is 2.82. The molecule has 0 bridgehead atoms. The predicted molar refractivity (Wildman–Crippen MR) is 130 cm³/mol. The maximum atomic E-state index is 13.2. The maximum absolute atomic E-state index is 13.2. The van der Waals surface area contributed by atoms with Gasteiger partial charge in [0.15, 0.2) is 0 Å². The fourth-order valence-electron chi connectivity index (χ4n) is 4.12. The third-order valence-electron chi connectivity index (χ3n) is 6.65. The molecule has 33 heavy (non-hydrogen) atoms. The summed E-state index contributed by atoms with van der Waals surface area (Å²) in [6, 6.07) is 16.0. The van der Waals surface area contributed by atoms with Crippen LogP contribution in [0.15, 0.2) is 54.6 Å². The van der Waals surface area contributed by atoms with Crippen LogP contribution in [0.25, 0.3) is 0 Å². The van der Waals surface area contributed by atoms with E-state index in [0.717, 1.165) is 5.56 Å². The van der Waals surface area contributed by atoms with Crippen molar-refractivity contribution in [2.45, 2.75) is 52.6 Å². The topological polar surface area (TPSA) is 78.5 Å². The molecule has 1 heterocycles. The fraction of sp³-hybridized carbons (Fsp3) is 0.444. The SMILES string of the molecule is Cc1ccccc1C(=O)N[C@@H](C(=O)N[C@H](C)C(C)C)C1CCN(C(=O)c2ccccc2)CC1. The van der Waals surface area contributed by atoms with Gasteiger partial charge in [0.1, 0.15) is 6.04 Å². The molecule has 1 saturated heterocycles. The number of piperidine rings is 1. The van der Waals surface area contributed by atoms with E-state index >= 15 is 0 Å². The molecule has 2 aromatic rings. The monoisotopic (exact) mass is 449 g/mol. The molecule has 0 unspecified atom stereocenters. The highest BCUT2D eigenvalue weighted by atomic mass is 16.2. The third kappa shape index (κ3) is 6.21. The number of hydrogen-bond donors (Lipinski definition) is 2. The zero-order chi connectivity index (χ0) is 24.0. The molecule has 0 radical (unpaired) electrons. The summed E-state index contributed by atoms with van der Waals surface area (Å²) in [6.45, 7) is 9.09. The normalized spacial score (nSPS) is 16.2. The van der Waals surface area contributed by atoms with Crippen molar-refractivity contribution in [3.63, 3.8) is 0 Å². The number of benzene rings is 2. The zero-order valence-electron chi connectivity index (χ0n) is 20.0. The summed E-state index contributed by atoms with van der Waals surface area (Å²) in [5.74, 6) is -0.157. The molecule has 0 spiro atoms. The highest BCUT2D eigenvalue weighted by molar-refractivity contribution is 5.99. The van der Waals surface area contributed by atoms with E-state index in [0.29, 0.717) is 37.1 Å². The molecule has 0 saturated carbocycles. The van der Waals surface area contributed by atoms with Gasteiger partial charge in [-0.1, -0.05) is 50.2 Å². The van der Waals surface area contributed by atoms with E-state index in [4.69, 9.17) is 0 Å². The van der Waals surface area contributed by atoms with Crippen molar-refractivity contribution in [2.75, 3.05) is 13.1 Å². The number of nitrogens with one attached hydrogen (secondary N) is 2. The number of nitrogens with zero attached hydrogens (tertiary/aromatic N) is 1. The highest BCUT2D eigenvalue weighted by Gasteiger charge is 2.35. The first-order chi connectivity index (χ1) is 15.8. The highest BCUT2D eigenvalue weighted by Crippen LogP contribution is 2.23. The molecule has 6 nitrogen and oxygen atoms in total. The Labute approximate surface area is 196 Å². The van der Waals surface area contributed by atoms with Gasteiger partial charge in [-0.15, -0.1) is 0 Å². The summed E-state index contributed by atoms with van der Waals surface area (Å²) >= 11 is 0. The molecular weight excluding hydrogens is 414 g/mol. The summed E-state index contributed by atoms with van der Waals surface area (Å²) in [5, 5.41) is 6.08. The van der Waals surface area contributed by atoms with Gasteiger partial charge in [0.25, 0.3) is 11.8 Å². The lowest BCUT2D eigenvalue weighted by Crippen LogP contribution is -2.55. The Hall–Kier alpha value is -3.15. The fourth-order valence-corrected chi connectivity index (χ4v) is 4.12. The lowest BCUT2D eigenvalue weighted by atomic mass is 9.87. The van der Waals surface area contributed by atoms with Crippen molar-refractivity contribution < 1.29 is 14.4 Å². The summed E-state index contributed by atoms with van der Waals surface area (Å²) in [5.41, 5.74) is 2.11. The van der Waals surface area contributed by atoms with Crippen molar-refractivity contribution in [3.8, 4) is 0 Å². The molecule has 1 fully saturated rings. The Morgan fingerprint density at radius 3 is 2.09 bits per heavy atom. The molecule has 2 N–H and O–H groups in total. The van der Waals surface area contributed by atoms with Crippen LogP contribution in [0.4, 0.5) is 0 Å². The second-order valence-electron chi connectivity index (χ2n) is 9.30. The van der Waals surface area contributed by atoms with Crippen molar-refractivity contribution in [1.29, 1.82) is 0 Å². The van der Waals surface area contributed by atoms with Gasteiger partial charge in [0.05, 0.1) is 0 Å². The molecule has 0 aromatic heterocycles. The molecule has 2 atom stereocenters. The molecule has 6 heteroatoms. The van der Waals surface area contributed by atoms with Crippen LogP contribution < -0.4 is 10.6 Å².